The lowest BCUT2D eigenvalue weighted by Crippen LogP contribution is -2.09. The molecule has 0 unspecified atom stereocenters. The van der Waals surface area contributed by atoms with Crippen LogP contribution in [0.15, 0.2) is 0 Å². The fourth-order valence-corrected chi connectivity index (χ4v) is 1.84. The maximum absolute atomic E-state index is 13.6. The molecule has 2 rings (SSSR count). The Morgan fingerprint density at radius 3 is 1.90 bits per heavy atom. The van der Waals surface area contributed by atoms with Crippen LogP contribution in [0.25, 0.3) is 0 Å². The van der Waals surface area contributed by atoms with Gasteiger partial charge in [0.25, 0.3) is 0 Å². The minimum absolute atomic E-state index is 0.0601. The zero-order valence-corrected chi connectivity index (χ0v) is 11.1. The fourth-order valence-electron chi connectivity index (χ4n) is 1.84. The number of rotatable bonds is 3. The number of nitrogens with two attached hydrogens (primary N) is 1. The minimum Gasteiger partial charge on any atom is -0.394 e. The molecule has 3 N–H and O–H groups in total. The molecule has 0 saturated carbocycles. The molecule has 0 atom stereocenters. The topological polar surface area (TPSA) is 55.9 Å². The first-order valence-corrected chi connectivity index (χ1v) is 5.89. The molecule has 0 fully saturated rings. The number of nitrogens with zero attached hydrogens (tertiary/aromatic N) is 2. The standard InChI is InChI=1S/C12H11F5N4/c1-3-4-10(18)12(21(2)20-4)19-11-8(16)6(14)5(13)7(15)9(11)17/h19H,3,18H2,1-2H3. The Labute approximate surface area is 116 Å². The minimum atomic E-state index is -2.22. The first-order chi connectivity index (χ1) is 9.79. The summed E-state index contributed by atoms with van der Waals surface area (Å²) in [5, 5.41) is 6.09. The predicted octanol–water partition coefficient (Wildman–Crippen LogP) is 3.00. The van der Waals surface area contributed by atoms with Gasteiger partial charge in [0.1, 0.15) is 5.69 Å². The van der Waals surface area contributed by atoms with E-state index in [-0.39, 0.29) is 11.5 Å². The molecule has 0 bridgehead atoms. The number of aromatic nitrogens is 2. The number of benzene rings is 1. The van der Waals surface area contributed by atoms with Gasteiger partial charge in [-0.2, -0.15) is 5.10 Å². The Morgan fingerprint density at radius 2 is 1.48 bits per heavy atom. The fraction of sp³-hybridized carbons (Fsp3) is 0.250. The summed E-state index contributed by atoms with van der Waals surface area (Å²) in [5.74, 6) is -10.3. The normalized spacial score (nSPS) is 11.0. The first kappa shape index (κ1) is 15.1. The molecule has 21 heavy (non-hydrogen) atoms. The molecule has 0 radical (unpaired) electrons. The van der Waals surface area contributed by atoms with Gasteiger partial charge in [-0.05, 0) is 6.42 Å². The molecular weight excluding hydrogens is 295 g/mol. The number of hydrogen-bond donors (Lipinski definition) is 2. The van der Waals surface area contributed by atoms with Gasteiger partial charge in [0.15, 0.2) is 29.1 Å². The van der Waals surface area contributed by atoms with Crippen molar-refractivity contribution >= 4 is 17.2 Å². The predicted molar refractivity (Wildman–Crippen MR) is 66.5 cm³/mol. The highest BCUT2D eigenvalue weighted by molar-refractivity contribution is 5.72. The molecular formula is C12H11F5N4. The molecule has 1 heterocycles. The molecule has 2 aromatic rings. The van der Waals surface area contributed by atoms with E-state index in [4.69, 9.17) is 5.73 Å². The number of anilines is 3. The number of hydrogen-bond acceptors (Lipinski definition) is 3. The lowest BCUT2D eigenvalue weighted by Gasteiger charge is -2.11. The second-order valence-electron chi connectivity index (χ2n) is 4.26. The Balaban J connectivity index is 2.58. The molecule has 1 aromatic carbocycles. The second kappa shape index (κ2) is 5.23. The van der Waals surface area contributed by atoms with Crippen LogP contribution in [-0.4, -0.2) is 9.78 Å². The molecule has 0 aliphatic heterocycles. The molecule has 0 spiro atoms. The zero-order chi connectivity index (χ0) is 15.9. The van der Waals surface area contributed by atoms with Gasteiger partial charge in [-0.1, -0.05) is 6.92 Å². The Bertz CT molecular complexity index is 681. The van der Waals surface area contributed by atoms with E-state index in [1.807, 2.05) is 0 Å². The van der Waals surface area contributed by atoms with E-state index in [0.29, 0.717) is 12.1 Å². The van der Waals surface area contributed by atoms with Gasteiger partial charge < -0.3 is 11.1 Å². The van der Waals surface area contributed by atoms with E-state index in [1.54, 1.807) is 6.92 Å². The molecule has 9 heteroatoms. The van der Waals surface area contributed by atoms with Crippen LogP contribution < -0.4 is 11.1 Å². The van der Waals surface area contributed by atoms with Crippen molar-refractivity contribution < 1.29 is 22.0 Å². The number of aryl methyl sites for hydroxylation is 2. The summed E-state index contributed by atoms with van der Waals surface area (Å²) in [6.07, 6.45) is 0.443. The molecule has 0 aliphatic carbocycles. The average molecular weight is 306 g/mol. The van der Waals surface area contributed by atoms with E-state index in [1.165, 1.54) is 7.05 Å². The SMILES string of the molecule is CCc1nn(C)c(Nc2c(F)c(F)c(F)c(F)c2F)c1N. The van der Waals surface area contributed by atoms with Crippen molar-refractivity contribution in [3.8, 4) is 0 Å². The third-order valence-electron chi connectivity index (χ3n) is 2.95. The van der Waals surface area contributed by atoms with Crippen LogP contribution in [0, 0.1) is 29.1 Å². The van der Waals surface area contributed by atoms with E-state index in [0.717, 1.165) is 4.68 Å². The maximum atomic E-state index is 13.6. The largest absolute Gasteiger partial charge is 0.394 e. The summed E-state index contributed by atoms with van der Waals surface area (Å²) in [4.78, 5) is 0. The van der Waals surface area contributed by atoms with E-state index < -0.39 is 34.8 Å². The quantitative estimate of drug-likeness (QED) is 0.521. The summed E-state index contributed by atoms with van der Waals surface area (Å²) < 4.78 is 67.5. The van der Waals surface area contributed by atoms with Crippen LogP contribution in [0.2, 0.25) is 0 Å². The third-order valence-corrected chi connectivity index (χ3v) is 2.95. The van der Waals surface area contributed by atoms with Gasteiger partial charge in [-0.15, -0.1) is 0 Å². The average Bonchev–Trinajstić information content (AvgIpc) is 2.74. The highest BCUT2D eigenvalue weighted by Gasteiger charge is 2.27. The van der Waals surface area contributed by atoms with Crippen LogP contribution in [0.5, 0.6) is 0 Å². The van der Waals surface area contributed by atoms with Gasteiger partial charge in [0, 0.05) is 7.05 Å². The van der Waals surface area contributed by atoms with E-state index in [2.05, 4.69) is 10.4 Å². The van der Waals surface area contributed by atoms with Gasteiger partial charge in [-0.3, -0.25) is 4.68 Å². The summed E-state index contributed by atoms with van der Waals surface area (Å²) in [5.41, 5.74) is 5.05. The van der Waals surface area contributed by atoms with Crippen molar-refractivity contribution in [2.24, 2.45) is 7.05 Å². The van der Waals surface area contributed by atoms with Gasteiger partial charge in [-0.25, -0.2) is 22.0 Å². The summed E-state index contributed by atoms with van der Waals surface area (Å²) >= 11 is 0. The smallest absolute Gasteiger partial charge is 0.200 e. The third kappa shape index (κ3) is 2.28. The monoisotopic (exact) mass is 306 g/mol. The van der Waals surface area contributed by atoms with Crippen LogP contribution in [-0.2, 0) is 13.5 Å². The molecule has 0 saturated heterocycles. The molecule has 0 amide bonds. The summed E-state index contributed by atoms with van der Waals surface area (Å²) in [7, 11) is 1.42. The van der Waals surface area contributed by atoms with Crippen LogP contribution >= 0.6 is 0 Å². The Hall–Kier alpha value is -2.32. The lowest BCUT2D eigenvalue weighted by molar-refractivity contribution is 0.382. The maximum Gasteiger partial charge on any atom is 0.200 e. The summed E-state index contributed by atoms with van der Waals surface area (Å²) in [6, 6.07) is 0. The lowest BCUT2D eigenvalue weighted by atomic mass is 10.2. The van der Waals surface area contributed by atoms with Gasteiger partial charge >= 0.3 is 0 Å². The van der Waals surface area contributed by atoms with Crippen LogP contribution in [0.1, 0.15) is 12.6 Å². The van der Waals surface area contributed by atoms with Gasteiger partial charge in [0.05, 0.1) is 11.4 Å². The molecule has 4 nitrogen and oxygen atoms in total. The van der Waals surface area contributed by atoms with Crippen LogP contribution in [0.3, 0.4) is 0 Å². The first-order valence-electron chi connectivity index (χ1n) is 5.89. The second-order valence-corrected chi connectivity index (χ2v) is 4.26. The Morgan fingerprint density at radius 1 is 1.00 bits per heavy atom. The van der Waals surface area contributed by atoms with Crippen molar-refractivity contribution in [2.45, 2.75) is 13.3 Å². The van der Waals surface area contributed by atoms with Crippen molar-refractivity contribution in [3.05, 3.63) is 34.8 Å². The van der Waals surface area contributed by atoms with Gasteiger partial charge in [0.2, 0.25) is 5.82 Å². The highest BCUT2D eigenvalue weighted by Crippen LogP contribution is 2.32. The van der Waals surface area contributed by atoms with Crippen molar-refractivity contribution in [1.29, 1.82) is 0 Å². The number of halogens is 5. The highest BCUT2D eigenvalue weighted by atomic mass is 19.2. The van der Waals surface area contributed by atoms with Crippen molar-refractivity contribution in [1.82, 2.24) is 9.78 Å². The zero-order valence-electron chi connectivity index (χ0n) is 11.1. The van der Waals surface area contributed by atoms with E-state index in [9.17, 15) is 22.0 Å². The Kier molecular flexibility index (Phi) is 3.75. The molecule has 114 valence electrons. The molecule has 0 aliphatic rings. The van der Waals surface area contributed by atoms with Crippen molar-refractivity contribution in [2.75, 3.05) is 11.1 Å². The van der Waals surface area contributed by atoms with Crippen LogP contribution in [0.4, 0.5) is 39.1 Å². The molecule has 1 aromatic heterocycles. The summed E-state index contributed by atoms with van der Waals surface area (Å²) in [6.45, 7) is 1.75. The number of nitrogen functional groups attached to an aromatic ring is 1. The van der Waals surface area contributed by atoms with Crippen molar-refractivity contribution in [3.63, 3.8) is 0 Å². The number of nitrogens with one attached hydrogen (secondary N) is 1. The van der Waals surface area contributed by atoms with E-state index >= 15 is 0 Å².